The molecule has 2 aliphatic carbocycles. The molecule has 4 unspecified atom stereocenters. The molecule has 4 nitrogen and oxygen atoms in total. The molecule has 2 rings (SSSR count). The van der Waals surface area contributed by atoms with Crippen molar-refractivity contribution >= 4 is 11.9 Å². The van der Waals surface area contributed by atoms with Crippen molar-refractivity contribution in [1.82, 2.24) is 0 Å². The average Bonchev–Trinajstić information content (AvgIpc) is 3.07. The van der Waals surface area contributed by atoms with Gasteiger partial charge in [-0.25, -0.2) is 4.79 Å². The van der Waals surface area contributed by atoms with Crippen LogP contribution in [0.2, 0.25) is 0 Å². The second kappa shape index (κ2) is 8.23. The number of carbonyl (C=O) groups is 2. The maximum atomic E-state index is 13.1. The monoisotopic (exact) mass is 364 g/mol. The number of hydrogen-bond acceptors (Lipinski definition) is 4. The van der Waals surface area contributed by atoms with E-state index in [0.717, 1.165) is 39.5 Å². The molecule has 0 amide bonds. The topological polar surface area (TPSA) is 52.6 Å². The highest BCUT2D eigenvalue weighted by Crippen LogP contribution is 2.53. The lowest BCUT2D eigenvalue weighted by molar-refractivity contribution is -0.269. The lowest BCUT2D eigenvalue weighted by Gasteiger charge is -2.35. The minimum atomic E-state index is -4.50. The summed E-state index contributed by atoms with van der Waals surface area (Å²) in [4.78, 5) is 21.1. The standard InChI is InChI=1S/C13H19F3O2.C5H8O2/c1-8(17)18-12(2,13(14,15)16)7-11-6-9-3-4-10(11)5-9;1-4(2)5(6)7-3/h9-11H,3-7H2,1-2H3;1H2,2-3H3. The Morgan fingerprint density at radius 3 is 2.04 bits per heavy atom. The molecule has 0 aromatic rings. The van der Waals surface area contributed by atoms with Gasteiger partial charge in [0.2, 0.25) is 5.60 Å². The molecule has 0 spiro atoms. The second-order valence-corrected chi connectivity index (χ2v) is 7.23. The first-order valence-corrected chi connectivity index (χ1v) is 8.39. The van der Waals surface area contributed by atoms with E-state index < -0.39 is 17.7 Å². The van der Waals surface area contributed by atoms with Crippen LogP contribution in [0.5, 0.6) is 0 Å². The molecular formula is C18H27F3O4. The number of fused-ring (bicyclic) bond motifs is 2. The predicted molar refractivity (Wildman–Crippen MR) is 86.6 cm³/mol. The van der Waals surface area contributed by atoms with Crippen LogP contribution in [0.1, 0.15) is 52.9 Å². The van der Waals surface area contributed by atoms with Gasteiger partial charge >= 0.3 is 18.1 Å². The van der Waals surface area contributed by atoms with E-state index in [-0.39, 0.29) is 18.3 Å². The molecule has 0 aliphatic heterocycles. The van der Waals surface area contributed by atoms with Gasteiger partial charge in [-0.2, -0.15) is 13.2 Å². The van der Waals surface area contributed by atoms with Crippen LogP contribution in [0.25, 0.3) is 0 Å². The van der Waals surface area contributed by atoms with Gasteiger partial charge in [-0.15, -0.1) is 0 Å². The molecule has 2 fully saturated rings. The number of rotatable bonds is 4. The van der Waals surface area contributed by atoms with E-state index in [9.17, 15) is 22.8 Å². The Balaban J connectivity index is 0.000000381. The third-order valence-corrected chi connectivity index (χ3v) is 5.04. The summed E-state index contributed by atoms with van der Waals surface area (Å²) >= 11 is 0. The summed E-state index contributed by atoms with van der Waals surface area (Å²) < 4.78 is 48.1. The van der Waals surface area contributed by atoms with Crippen LogP contribution in [-0.4, -0.2) is 30.8 Å². The molecule has 2 saturated carbocycles. The largest absolute Gasteiger partial charge is 0.466 e. The first kappa shape index (κ1) is 21.5. The van der Waals surface area contributed by atoms with Gasteiger partial charge in [0.1, 0.15) is 0 Å². The second-order valence-electron chi connectivity index (χ2n) is 7.23. The Morgan fingerprint density at radius 2 is 1.76 bits per heavy atom. The smallest absolute Gasteiger partial charge is 0.428 e. The highest BCUT2D eigenvalue weighted by molar-refractivity contribution is 5.86. The maximum Gasteiger partial charge on any atom is 0.428 e. The van der Waals surface area contributed by atoms with Crippen molar-refractivity contribution in [3.05, 3.63) is 12.2 Å². The van der Waals surface area contributed by atoms with E-state index in [0.29, 0.717) is 17.4 Å². The quantitative estimate of drug-likeness (QED) is 0.547. The number of halogens is 3. The molecule has 2 aliphatic rings. The summed E-state index contributed by atoms with van der Waals surface area (Å²) in [6.07, 6.45) is -0.491. The van der Waals surface area contributed by atoms with Crippen molar-refractivity contribution in [2.24, 2.45) is 17.8 Å². The third-order valence-electron chi connectivity index (χ3n) is 5.04. The van der Waals surface area contributed by atoms with Crippen LogP contribution in [0, 0.1) is 17.8 Å². The van der Waals surface area contributed by atoms with Crippen molar-refractivity contribution in [2.75, 3.05) is 7.11 Å². The van der Waals surface area contributed by atoms with E-state index in [2.05, 4.69) is 16.1 Å². The first-order chi connectivity index (χ1) is 11.4. The van der Waals surface area contributed by atoms with Crippen LogP contribution in [-0.2, 0) is 19.1 Å². The zero-order valence-corrected chi connectivity index (χ0v) is 15.2. The Kier molecular flexibility index (Phi) is 7.08. The Bertz CT molecular complexity index is 515. The van der Waals surface area contributed by atoms with Gasteiger partial charge in [0.15, 0.2) is 0 Å². The van der Waals surface area contributed by atoms with Gasteiger partial charge in [0, 0.05) is 12.5 Å². The van der Waals surface area contributed by atoms with Gasteiger partial charge in [-0.1, -0.05) is 13.0 Å². The molecule has 0 heterocycles. The van der Waals surface area contributed by atoms with Crippen LogP contribution >= 0.6 is 0 Å². The highest BCUT2D eigenvalue weighted by atomic mass is 19.4. The normalized spacial score (nSPS) is 26.9. The molecular weight excluding hydrogens is 337 g/mol. The van der Waals surface area contributed by atoms with Crippen molar-refractivity contribution in [3.8, 4) is 0 Å². The van der Waals surface area contributed by atoms with Gasteiger partial charge < -0.3 is 9.47 Å². The minimum absolute atomic E-state index is 0.0507. The molecule has 25 heavy (non-hydrogen) atoms. The van der Waals surface area contributed by atoms with Crippen molar-refractivity contribution in [3.63, 3.8) is 0 Å². The first-order valence-electron chi connectivity index (χ1n) is 8.39. The van der Waals surface area contributed by atoms with Crippen molar-refractivity contribution in [1.29, 1.82) is 0 Å². The molecule has 0 saturated heterocycles. The summed E-state index contributed by atoms with van der Waals surface area (Å²) in [5, 5.41) is 0. The predicted octanol–water partition coefficient (Wildman–Crippen LogP) is 4.43. The summed E-state index contributed by atoms with van der Waals surface area (Å²) in [6, 6.07) is 0. The van der Waals surface area contributed by atoms with Crippen molar-refractivity contribution < 1.29 is 32.2 Å². The average molecular weight is 364 g/mol. The van der Waals surface area contributed by atoms with E-state index in [1.54, 1.807) is 6.92 Å². The van der Waals surface area contributed by atoms with Gasteiger partial charge in [-0.05, 0) is 57.3 Å². The number of carbonyl (C=O) groups excluding carboxylic acids is 2. The van der Waals surface area contributed by atoms with Crippen LogP contribution in [0.3, 0.4) is 0 Å². The third kappa shape index (κ3) is 5.75. The fourth-order valence-electron chi connectivity index (χ4n) is 3.83. The van der Waals surface area contributed by atoms with Crippen molar-refractivity contribution in [2.45, 2.75) is 64.7 Å². The molecule has 0 aromatic carbocycles. The Hall–Kier alpha value is -1.53. The lowest BCUT2D eigenvalue weighted by Crippen LogP contribution is -2.47. The van der Waals surface area contributed by atoms with Crippen LogP contribution in [0.4, 0.5) is 13.2 Å². The van der Waals surface area contributed by atoms with Gasteiger partial charge in [-0.3, -0.25) is 4.79 Å². The molecule has 0 aromatic heterocycles. The lowest BCUT2D eigenvalue weighted by atomic mass is 9.80. The van der Waals surface area contributed by atoms with E-state index in [1.165, 1.54) is 7.11 Å². The number of hydrogen-bond donors (Lipinski definition) is 0. The maximum absolute atomic E-state index is 13.1. The van der Waals surface area contributed by atoms with Crippen LogP contribution < -0.4 is 0 Å². The molecule has 2 bridgehead atoms. The Labute approximate surface area is 146 Å². The van der Waals surface area contributed by atoms with Gasteiger partial charge in [0.05, 0.1) is 7.11 Å². The summed E-state index contributed by atoms with van der Waals surface area (Å²) in [5.74, 6) is -0.172. The number of ether oxygens (including phenoxy) is 2. The van der Waals surface area contributed by atoms with E-state index in [4.69, 9.17) is 0 Å². The summed E-state index contributed by atoms with van der Waals surface area (Å²) in [6.45, 7) is 6.99. The number of alkyl halides is 3. The Morgan fingerprint density at radius 1 is 1.16 bits per heavy atom. The highest BCUT2D eigenvalue weighted by Gasteiger charge is 2.57. The molecule has 7 heteroatoms. The SMILES string of the molecule is C=C(C)C(=O)OC.CC(=O)OC(C)(CC1CC2CCC1C2)C(F)(F)F. The zero-order valence-electron chi connectivity index (χ0n) is 15.2. The number of methoxy groups -OCH3 is 1. The molecule has 144 valence electrons. The molecule has 0 radical (unpaired) electrons. The van der Waals surface area contributed by atoms with Gasteiger partial charge in [0.25, 0.3) is 0 Å². The van der Waals surface area contributed by atoms with Crippen LogP contribution in [0.15, 0.2) is 12.2 Å². The molecule has 0 N–H and O–H groups in total. The number of esters is 2. The minimum Gasteiger partial charge on any atom is -0.466 e. The van der Waals surface area contributed by atoms with E-state index >= 15 is 0 Å². The zero-order chi connectivity index (χ0) is 19.4. The summed E-state index contributed by atoms with van der Waals surface area (Å²) in [7, 11) is 1.33. The molecule has 4 atom stereocenters. The van der Waals surface area contributed by atoms with E-state index in [1.807, 2.05) is 0 Å². The fraction of sp³-hybridized carbons (Fsp3) is 0.778. The summed E-state index contributed by atoms with van der Waals surface area (Å²) in [5.41, 5.74) is -1.89. The fourth-order valence-corrected chi connectivity index (χ4v) is 3.83.